The molecular weight excluding hydrogens is 390 g/mol. The summed E-state index contributed by atoms with van der Waals surface area (Å²) < 4.78 is 6.03. The van der Waals surface area contributed by atoms with Crippen molar-refractivity contribution in [2.75, 3.05) is 17.7 Å². The Morgan fingerprint density at radius 1 is 1.12 bits per heavy atom. The Morgan fingerprint density at radius 2 is 1.83 bits per heavy atom. The molecule has 126 valence electrons. The topological polar surface area (TPSA) is 55.4 Å². The van der Waals surface area contributed by atoms with E-state index in [0.717, 1.165) is 15.8 Å². The number of esters is 1. The number of nitrogens with one attached hydrogen (secondary N) is 1. The Kier molecular flexibility index (Phi) is 7.34. The Labute approximate surface area is 154 Å². The molecule has 24 heavy (non-hydrogen) atoms. The molecular formula is C18H18BrNO3S. The van der Waals surface area contributed by atoms with Crippen molar-refractivity contribution < 1.29 is 14.3 Å². The molecule has 1 N–H and O–H groups in total. The van der Waals surface area contributed by atoms with Crippen LogP contribution in [0.25, 0.3) is 0 Å². The summed E-state index contributed by atoms with van der Waals surface area (Å²) >= 11 is 5.01. The molecule has 0 unspecified atom stereocenters. The molecule has 0 aromatic heterocycles. The number of benzene rings is 2. The lowest BCUT2D eigenvalue weighted by Crippen LogP contribution is -2.17. The van der Waals surface area contributed by atoms with Crippen LogP contribution in [0.4, 0.5) is 5.69 Å². The number of halogens is 1. The van der Waals surface area contributed by atoms with Crippen molar-refractivity contribution in [2.45, 2.75) is 12.7 Å². The molecule has 2 aromatic carbocycles. The van der Waals surface area contributed by atoms with Gasteiger partial charge in [-0.3, -0.25) is 4.79 Å². The van der Waals surface area contributed by atoms with Crippen LogP contribution >= 0.6 is 27.7 Å². The van der Waals surface area contributed by atoms with E-state index in [-0.39, 0.29) is 5.91 Å². The van der Waals surface area contributed by atoms with Crippen LogP contribution in [0.1, 0.15) is 22.8 Å². The molecule has 0 aliphatic heterocycles. The Bertz CT molecular complexity index is 721. The standard InChI is InChI=1S/C18H18BrNO3S/c1-2-23-18(22)14-8-4-6-10-16(14)20-17(21)12-24-11-13-7-3-5-9-15(13)19/h3-10H,2,11-12H2,1H3,(H,20,21). The zero-order valence-electron chi connectivity index (χ0n) is 13.3. The fraction of sp³-hybridized carbons (Fsp3) is 0.222. The van der Waals surface area contributed by atoms with Crippen LogP contribution in [-0.2, 0) is 15.3 Å². The van der Waals surface area contributed by atoms with Crippen molar-refractivity contribution in [1.29, 1.82) is 0 Å². The lowest BCUT2D eigenvalue weighted by molar-refractivity contribution is -0.113. The van der Waals surface area contributed by atoms with E-state index in [1.54, 1.807) is 31.2 Å². The number of thioether (sulfide) groups is 1. The maximum absolute atomic E-state index is 12.1. The van der Waals surface area contributed by atoms with Gasteiger partial charge in [-0.05, 0) is 30.7 Å². The van der Waals surface area contributed by atoms with Gasteiger partial charge in [0.25, 0.3) is 0 Å². The number of ether oxygens (including phenoxy) is 1. The van der Waals surface area contributed by atoms with Crippen molar-refractivity contribution in [1.82, 2.24) is 0 Å². The second kappa shape index (κ2) is 9.49. The maximum Gasteiger partial charge on any atom is 0.340 e. The van der Waals surface area contributed by atoms with E-state index >= 15 is 0 Å². The molecule has 0 aliphatic rings. The third-order valence-electron chi connectivity index (χ3n) is 3.15. The zero-order chi connectivity index (χ0) is 17.4. The van der Waals surface area contributed by atoms with Crippen LogP contribution in [0.3, 0.4) is 0 Å². The highest BCUT2D eigenvalue weighted by Crippen LogP contribution is 2.22. The number of hydrogen-bond acceptors (Lipinski definition) is 4. The quantitative estimate of drug-likeness (QED) is 0.686. The molecule has 0 heterocycles. The van der Waals surface area contributed by atoms with Gasteiger partial charge in [-0.15, -0.1) is 11.8 Å². The summed E-state index contributed by atoms with van der Waals surface area (Å²) in [6, 6.07) is 14.8. The lowest BCUT2D eigenvalue weighted by atomic mass is 10.2. The first kappa shape index (κ1) is 18.5. The van der Waals surface area contributed by atoms with Gasteiger partial charge in [-0.25, -0.2) is 4.79 Å². The normalized spacial score (nSPS) is 10.2. The summed E-state index contributed by atoms with van der Waals surface area (Å²) in [6.07, 6.45) is 0. The van der Waals surface area contributed by atoms with E-state index < -0.39 is 5.97 Å². The van der Waals surface area contributed by atoms with Gasteiger partial charge >= 0.3 is 5.97 Å². The average molecular weight is 408 g/mol. The van der Waals surface area contributed by atoms with Gasteiger partial charge in [0.1, 0.15) is 0 Å². The van der Waals surface area contributed by atoms with E-state index in [1.807, 2.05) is 24.3 Å². The second-order valence-electron chi connectivity index (χ2n) is 4.90. The third kappa shape index (κ3) is 5.39. The number of amides is 1. The highest BCUT2D eigenvalue weighted by molar-refractivity contribution is 9.10. The summed E-state index contributed by atoms with van der Waals surface area (Å²) in [7, 11) is 0. The van der Waals surface area contributed by atoms with Gasteiger partial charge < -0.3 is 10.1 Å². The first-order valence-corrected chi connectivity index (χ1v) is 9.43. The maximum atomic E-state index is 12.1. The van der Waals surface area contributed by atoms with Crippen LogP contribution in [0.5, 0.6) is 0 Å². The van der Waals surface area contributed by atoms with E-state index in [4.69, 9.17) is 4.74 Å². The predicted octanol–water partition coefficient (Wildman–Crippen LogP) is 4.50. The Hall–Kier alpha value is -1.79. The van der Waals surface area contributed by atoms with E-state index in [2.05, 4.69) is 21.2 Å². The molecule has 0 spiro atoms. The highest BCUT2D eigenvalue weighted by atomic mass is 79.9. The minimum Gasteiger partial charge on any atom is -0.462 e. The largest absolute Gasteiger partial charge is 0.462 e. The molecule has 4 nitrogen and oxygen atoms in total. The molecule has 2 aromatic rings. The summed E-state index contributed by atoms with van der Waals surface area (Å²) in [4.78, 5) is 24.0. The molecule has 0 atom stereocenters. The van der Waals surface area contributed by atoms with Gasteiger partial charge in [0.15, 0.2) is 0 Å². The minimum absolute atomic E-state index is 0.149. The van der Waals surface area contributed by atoms with Gasteiger partial charge in [-0.2, -0.15) is 0 Å². The lowest BCUT2D eigenvalue weighted by Gasteiger charge is -2.10. The summed E-state index contributed by atoms with van der Waals surface area (Å²) in [5.74, 6) is 0.449. The highest BCUT2D eigenvalue weighted by Gasteiger charge is 2.13. The van der Waals surface area contributed by atoms with Crippen LogP contribution in [0, 0.1) is 0 Å². The third-order valence-corrected chi connectivity index (χ3v) is 4.90. The number of para-hydroxylation sites is 1. The van der Waals surface area contributed by atoms with E-state index in [0.29, 0.717) is 23.6 Å². The second-order valence-corrected chi connectivity index (χ2v) is 6.74. The van der Waals surface area contributed by atoms with Crippen molar-refractivity contribution in [2.24, 2.45) is 0 Å². The molecule has 0 bridgehead atoms. The Balaban J connectivity index is 1.91. The van der Waals surface area contributed by atoms with E-state index in [1.165, 1.54) is 11.8 Å². The summed E-state index contributed by atoms with van der Waals surface area (Å²) in [6.45, 7) is 2.04. The van der Waals surface area contributed by atoms with Crippen LogP contribution in [-0.4, -0.2) is 24.2 Å². The molecule has 0 fully saturated rings. The van der Waals surface area contributed by atoms with E-state index in [9.17, 15) is 9.59 Å². The average Bonchev–Trinajstić information content (AvgIpc) is 2.57. The molecule has 0 radical (unpaired) electrons. The van der Waals surface area contributed by atoms with Crippen molar-refractivity contribution in [3.8, 4) is 0 Å². The molecule has 1 amide bonds. The van der Waals surface area contributed by atoms with Crippen molar-refractivity contribution in [3.05, 3.63) is 64.1 Å². The first-order chi connectivity index (χ1) is 11.6. The SMILES string of the molecule is CCOC(=O)c1ccccc1NC(=O)CSCc1ccccc1Br. The summed E-state index contributed by atoms with van der Waals surface area (Å²) in [5.41, 5.74) is 1.98. The van der Waals surface area contributed by atoms with Crippen LogP contribution in [0.2, 0.25) is 0 Å². The monoisotopic (exact) mass is 407 g/mol. The smallest absolute Gasteiger partial charge is 0.340 e. The number of carbonyl (C=O) groups excluding carboxylic acids is 2. The number of carbonyl (C=O) groups is 2. The number of rotatable bonds is 7. The molecule has 2 rings (SSSR count). The molecule has 6 heteroatoms. The van der Waals surface area contributed by atoms with Crippen LogP contribution < -0.4 is 5.32 Å². The summed E-state index contributed by atoms with van der Waals surface area (Å²) in [5, 5.41) is 2.78. The van der Waals surface area contributed by atoms with Crippen molar-refractivity contribution in [3.63, 3.8) is 0 Å². The minimum atomic E-state index is -0.436. The van der Waals surface area contributed by atoms with Gasteiger partial charge in [-0.1, -0.05) is 46.3 Å². The molecule has 0 saturated carbocycles. The number of hydrogen-bond donors (Lipinski definition) is 1. The molecule has 0 aliphatic carbocycles. The molecule has 0 saturated heterocycles. The van der Waals surface area contributed by atoms with Gasteiger partial charge in [0, 0.05) is 10.2 Å². The van der Waals surface area contributed by atoms with Gasteiger partial charge in [0.2, 0.25) is 5.91 Å². The zero-order valence-corrected chi connectivity index (χ0v) is 15.7. The van der Waals surface area contributed by atoms with Crippen LogP contribution in [0.15, 0.2) is 53.0 Å². The number of anilines is 1. The Morgan fingerprint density at radius 3 is 2.58 bits per heavy atom. The van der Waals surface area contributed by atoms with Crippen molar-refractivity contribution >= 4 is 45.3 Å². The fourth-order valence-electron chi connectivity index (χ4n) is 2.03. The van der Waals surface area contributed by atoms with Gasteiger partial charge in [0.05, 0.1) is 23.6 Å². The first-order valence-electron chi connectivity index (χ1n) is 7.49. The fourth-order valence-corrected chi connectivity index (χ4v) is 3.48. The predicted molar refractivity (Wildman–Crippen MR) is 101 cm³/mol.